The Hall–Kier alpha value is -2.73. The lowest BCUT2D eigenvalue weighted by Crippen LogP contribution is -2.49. The molecule has 1 amide bonds. The van der Waals surface area contributed by atoms with Gasteiger partial charge in [-0.05, 0) is 49.1 Å². The van der Waals surface area contributed by atoms with Crippen molar-refractivity contribution in [1.82, 2.24) is 4.90 Å². The van der Waals surface area contributed by atoms with Crippen molar-refractivity contribution in [2.75, 3.05) is 33.1 Å². The number of aliphatic hydroxyl groups is 1. The monoisotopic (exact) mass is 397 g/mol. The van der Waals surface area contributed by atoms with E-state index in [1.54, 1.807) is 0 Å². The molecule has 6 nitrogen and oxygen atoms in total. The van der Waals surface area contributed by atoms with E-state index in [-0.39, 0.29) is 24.7 Å². The summed E-state index contributed by atoms with van der Waals surface area (Å²) < 4.78 is 16.6. The van der Waals surface area contributed by atoms with Gasteiger partial charge in [-0.1, -0.05) is 24.3 Å². The molecule has 2 heterocycles. The quantitative estimate of drug-likeness (QED) is 0.778. The van der Waals surface area contributed by atoms with Crippen molar-refractivity contribution in [2.24, 2.45) is 5.41 Å². The van der Waals surface area contributed by atoms with Crippen molar-refractivity contribution in [3.8, 4) is 17.2 Å². The largest absolute Gasteiger partial charge is 0.494 e. The summed E-state index contributed by atoms with van der Waals surface area (Å²) in [7, 11) is 0. The minimum absolute atomic E-state index is 0.0545. The van der Waals surface area contributed by atoms with E-state index in [1.165, 1.54) is 0 Å². The molecule has 1 N–H and O–H groups in total. The van der Waals surface area contributed by atoms with Crippen molar-refractivity contribution in [2.45, 2.75) is 25.7 Å². The molecule has 1 atom stereocenters. The Morgan fingerprint density at radius 1 is 1.14 bits per heavy atom. The third-order valence-electron chi connectivity index (χ3n) is 5.79. The zero-order valence-corrected chi connectivity index (χ0v) is 16.5. The van der Waals surface area contributed by atoms with Crippen LogP contribution in [0.4, 0.5) is 0 Å². The van der Waals surface area contributed by atoms with Gasteiger partial charge >= 0.3 is 0 Å². The molecular weight excluding hydrogens is 370 g/mol. The Morgan fingerprint density at radius 3 is 2.79 bits per heavy atom. The molecular formula is C23H27NO5. The van der Waals surface area contributed by atoms with Gasteiger partial charge in [0.15, 0.2) is 11.5 Å². The number of carbonyl (C=O) groups excluding carboxylic acids is 1. The Balaban J connectivity index is 1.34. The van der Waals surface area contributed by atoms with Crippen molar-refractivity contribution in [3.05, 3.63) is 54.1 Å². The minimum Gasteiger partial charge on any atom is -0.494 e. The van der Waals surface area contributed by atoms with E-state index in [4.69, 9.17) is 14.2 Å². The number of piperidine rings is 1. The number of fused-ring (bicyclic) bond motifs is 1. The zero-order chi connectivity index (χ0) is 20.1. The summed E-state index contributed by atoms with van der Waals surface area (Å²) in [6.07, 6.45) is 2.82. The van der Waals surface area contributed by atoms with Crippen LogP contribution in [0.1, 0.15) is 24.8 Å². The van der Waals surface area contributed by atoms with Gasteiger partial charge < -0.3 is 24.2 Å². The number of aliphatic hydroxyl groups excluding tert-OH is 1. The highest BCUT2D eigenvalue weighted by Crippen LogP contribution is 2.35. The number of benzene rings is 2. The van der Waals surface area contributed by atoms with Gasteiger partial charge in [-0.3, -0.25) is 4.79 Å². The number of carbonyl (C=O) groups is 1. The van der Waals surface area contributed by atoms with Crippen molar-refractivity contribution >= 4 is 5.91 Å². The SMILES string of the molecule is O=C(Cc1ccc2c(c1)OCO2)N1CCCC(CO)(CCOc2ccccc2)C1. The van der Waals surface area contributed by atoms with Crippen LogP contribution in [0.5, 0.6) is 17.2 Å². The van der Waals surface area contributed by atoms with Gasteiger partial charge in [-0.2, -0.15) is 0 Å². The summed E-state index contributed by atoms with van der Waals surface area (Å²) in [5.41, 5.74) is 0.601. The van der Waals surface area contributed by atoms with Crippen LogP contribution in [-0.2, 0) is 11.2 Å². The van der Waals surface area contributed by atoms with Crippen LogP contribution in [0.25, 0.3) is 0 Å². The molecule has 0 aliphatic carbocycles. The number of nitrogens with zero attached hydrogens (tertiary/aromatic N) is 1. The van der Waals surface area contributed by atoms with Gasteiger partial charge in [0.2, 0.25) is 12.7 Å². The van der Waals surface area contributed by atoms with Crippen LogP contribution < -0.4 is 14.2 Å². The number of likely N-dealkylation sites (tertiary alicyclic amines) is 1. The van der Waals surface area contributed by atoms with Crippen LogP contribution in [0, 0.1) is 5.41 Å². The number of rotatable bonds is 7. The number of amides is 1. The molecule has 0 radical (unpaired) electrons. The summed E-state index contributed by atoms with van der Waals surface area (Å²) in [5, 5.41) is 10.1. The highest BCUT2D eigenvalue weighted by Gasteiger charge is 2.36. The molecule has 2 aromatic carbocycles. The van der Waals surface area contributed by atoms with E-state index in [2.05, 4.69) is 0 Å². The standard InChI is InChI=1S/C23H27NO5/c25-16-23(10-12-27-19-5-2-1-3-6-19)9-4-11-24(15-23)22(26)14-18-7-8-20-21(13-18)29-17-28-20/h1-3,5-8,13,25H,4,9-12,14-17H2. The molecule has 0 aromatic heterocycles. The third-order valence-corrected chi connectivity index (χ3v) is 5.79. The number of ether oxygens (including phenoxy) is 3. The summed E-state index contributed by atoms with van der Waals surface area (Å²) >= 11 is 0. The van der Waals surface area contributed by atoms with Gasteiger partial charge in [0.05, 0.1) is 19.6 Å². The Kier molecular flexibility index (Phi) is 5.90. The summed E-state index contributed by atoms with van der Waals surface area (Å²) in [4.78, 5) is 14.8. The van der Waals surface area contributed by atoms with Gasteiger partial charge in [0.25, 0.3) is 0 Å². The minimum atomic E-state index is -0.308. The van der Waals surface area contributed by atoms with Crippen LogP contribution >= 0.6 is 0 Å². The first kappa shape index (κ1) is 19.6. The molecule has 2 aliphatic rings. The lowest BCUT2D eigenvalue weighted by Gasteiger charge is -2.42. The predicted octanol–water partition coefficient (Wildman–Crippen LogP) is 3.03. The molecule has 2 aromatic rings. The van der Waals surface area contributed by atoms with Gasteiger partial charge in [-0.25, -0.2) is 0 Å². The number of hydrogen-bond acceptors (Lipinski definition) is 5. The average Bonchev–Trinajstić information content (AvgIpc) is 3.22. The van der Waals surface area contributed by atoms with Crippen molar-refractivity contribution < 1.29 is 24.1 Å². The summed E-state index contributed by atoms with van der Waals surface area (Å²) in [5.74, 6) is 2.31. The van der Waals surface area contributed by atoms with Crippen LogP contribution in [0.15, 0.2) is 48.5 Å². The van der Waals surface area contributed by atoms with Crippen molar-refractivity contribution in [3.63, 3.8) is 0 Å². The number of para-hydroxylation sites is 1. The highest BCUT2D eigenvalue weighted by atomic mass is 16.7. The van der Waals surface area contributed by atoms with Gasteiger partial charge in [0, 0.05) is 18.5 Å². The first-order chi connectivity index (χ1) is 14.2. The molecule has 1 fully saturated rings. The Labute approximate surface area is 171 Å². The van der Waals surface area contributed by atoms with Crippen LogP contribution in [-0.4, -0.2) is 49.0 Å². The Morgan fingerprint density at radius 2 is 1.97 bits per heavy atom. The third kappa shape index (κ3) is 4.65. The maximum atomic E-state index is 12.9. The lowest BCUT2D eigenvalue weighted by atomic mass is 9.78. The predicted molar refractivity (Wildman–Crippen MR) is 108 cm³/mol. The molecule has 0 bridgehead atoms. The van der Waals surface area contributed by atoms with Crippen LogP contribution in [0.2, 0.25) is 0 Å². The Bertz CT molecular complexity index is 840. The molecule has 2 aliphatic heterocycles. The van der Waals surface area contributed by atoms with Crippen molar-refractivity contribution in [1.29, 1.82) is 0 Å². The topological polar surface area (TPSA) is 68.2 Å². The highest BCUT2D eigenvalue weighted by molar-refractivity contribution is 5.79. The summed E-state index contributed by atoms with van der Waals surface area (Å²) in [6.45, 7) is 2.09. The summed E-state index contributed by atoms with van der Waals surface area (Å²) in [6, 6.07) is 15.3. The molecule has 0 saturated carbocycles. The second-order valence-corrected chi connectivity index (χ2v) is 7.85. The first-order valence-electron chi connectivity index (χ1n) is 10.1. The molecule has 6 heteroatoms. The molecule has 4 rings (SSSR count). The number of hydrogen-bond donors (Lipinski definition) is 1. The van der Waals surface area contributed by atoms with E-state index >= 15 is 0 Å². The normalized spacial score (nSPS) is 20.5. The molecule has 29 heavy (non-hydrogen) atoms. The molecule has 1 unspecified atom stereocenters. The smallest absolute Gasteiger partial charge is 0.231 e. The van der Waals surface area contributed by atoms with E-state index < -0.39 is 0 Å². The fourth-order valence-electron chi connectivity index (χ4n) is 4.07. The molecule has 0 spiro atoms. The maximum absolute atomic E-state index is 12.9. The van der Waals surface area contributed by atoms with Gasteiger partial charge in [0.1, 0.15) is 5.75 Å². The van der Waals surface area contributed by atoms with E-state index in [0.717, 1.165) is 36.4 Å². The second kappa shape index (κ2) is 8.74. The van der Waals surface area contributed by atoms with Crippen LogP contribution in [0.3, 0.4) is 0 Å². The second-order valence-electron chi connectivity index (χ2n) is 7.85. The molecule has 1 saturated heterocycles. The van der Waals surface area contributed by atoms with E-state index in [0.29, 0.717) is 31.7 Å². The van der Waals surface area contributed by atoms with E-state index in [1.807, 2.05) is 53.4 Å². The fraction of sp³-hybridized carbons (Fsp3) is 0.435. The molecule has 154 valence electrons. The first-order valence-corrected chi connectivity index (χ1v) is 10.1. The average molecular weight is 397 g/mol. The zero-order valence-electron chi connectivity index (χ0n) is 16.5. The lowest BCUT2D eigenvalue weighted by molar-refractivity contribution is -0.135. The van der Waals surface area contributed by atoms with E-state index in [9.17, 15) is 9.90 Å². The maximum Gasteiger partial charge on any atom is 0.231 e. The van der Waals surface area contributed by atoms with Gasteiger partial charge in [-0.15, -0.1) is 0 Å². The fourth-order valence-corrected chi connectivity index (χ4v) is 4.07.